The highest BCUT2D eigenvalue weighted by atomic mass is 16.5. The van der Waals surface area contributed by atoms with E-state index in [-0.39, 0.29) is 25.0 Å². The summed E-state index contributed by atoms with van der Waals surface area (Å²) in [5.41, 5.74) is 1.66. The minimum absolute atomic E-state index is 0.0879. The second-order valence-electron chi connectivity index (χ2n) is 5.72. The number of para-hydroxylation sites is 1. The number of carbonyl (C=O) groups excluding carboxylic acids is 2. The number of nitrogens with zero attached hydrogens (tertiary/aromatic N) is 2. The van der Waals surface area contributed by atoms with E-state index >= 15 is 0 Å². The number of ether oxygens (including phenoxy) is 1. The summed E-state index contributed by atoms with van der Waals surface area (Å²) in [6.07, 6.45) is 5.38. The van der Waals surface area contributed by atoms with Crippen LogP contribution >= 0.6 is 0 Å². The molecule has 24 heavy (non-hydrogen) atoms. The van der Waals surface area contributed by atoms with Crippen LogP contribution in [0.1, 0.15) is 32.3 Å². The highest BCUT2D eigenvalue weighted by Crippen LogP contribution is 2.08. The van der Waals surface area contributed by atoms with Crippen molar-refractivity contribution >= 4 is 11.9 Å². The van der Waals surface area contributed by atoms with Crippen molar-refractivity contribution in [2.45, 2.75) is 39.2 Å². The van der Waals surface area contributed by atoms with Crippen LogP contribution < -0.4 is 5.32 Å². The summed E-state index contributed by atoms with van der Waals surface area (Å²) < 4.78 is 6.71. The van der Waals surface area contributed by atoms with Crippen LogP contribution in [0.2, 0.25) is 0 Å². The van der Waals surface area contributed by atoms with Crippen LogP contribution in [-0.4, -0.2) is 34.3 Å². The molecule has 1 unspecified atom stereocenters. The Kier molecular flexibility index (Phi) is 6.54. The fourth-order valence-electron chi connectivity index (χ4n) is 2.36. The van der Waals surface area contributed by atoms with Crippen molar-refractivity contribution in [2.75, 3.05) is 6.61 Å². The van der Waals surface area contributed by atoms with Crippen LogP contribution in [0.25, 0.3) is 5.69 Å². The maximum atomic E-state index is 11.8. The molecule has 6 heteroatoms. The first-order valence-corrected chi connectivity index (χ1v) is 8.12. The summed E-state index contributed by atoms with van der Waals surface area (Å²) in [4.78, 5) is 23.5. The van der Waals surface area contributed by atoms with E-state index < -0.39 is 5.97 Å². The molecule has 1 aromatic carbocycles. The van der Waals surface area contributed by atoms with Gasteiger partial charge in [-0.2, -0.15) is 5.10 Å². The van der Waals surface area contributed by atoms with Gasteiger partial charge in [0.15, 0.2) is 6.61 Å². The van der Waals surface area contributed by atoms with Crippen molar-refractivity contribution in [3.63, 3.8) is 0 Å². The molecular weight excluding hydrogens is 306 g/mol. The summed E-state index contributed by atoms with van der Waals surface area (Å²) in [5, 5.41) is 7.02. The quantitative estimate of drug-likeness (QED) is 0.754. The molecule has 0 aliphatic heterocycles. The Hall–Kier alpha value is -2.63. The van der Waals surface area contributed by atoms with Crippen LogP contribution in [0.5, 0.6) is 0 Å². The normalized spacial score (nSPS) is 11.8. The van der Waals surface area contributed by atoms with Crippen molar-refractivity contribution in [1.82, 2.24) is 15.1 Å². The number of carbonyl (C=O) groups is 2. The van der Waals surface area contributed by atoms with Crippen molar-refractivity contribution in [2.24, 2.45) is 0 Å². The minimum Gasteiger partial charge on any atom is -0.455 e. The van der Waals surface area contributed by atoms with Gasteiger partial charge in [-0.05, 0) is 25.5 Å². The van der Waals surface area contributed by atoms with E-state index in [4.69, 9.17) is 4.74 Å². The highest BCUT2D eigenvalue weighted by molar-refractivity contribution is 5.81. The SMILES string of the molecule is CCCC(C)NC(=O)COC(=O)Cc1cnn(-c2ccccc2)c1. The van der Waals surface area contributed by atoms with Crippen LogP contribution in [0.15, 0.2) is 42.7 Å². The van der Waals surface area contributed by atoms with E-state index in [0.717, 1.165) is 24.1 Å². The highest BCUT2D eigenvalue weighted by Gasteiger charge is 2.12. The number of esters is 1. The monoisotopic (exact) mass is 329 g/mol. The van der Waals surface area contributed by atoms with Crippen LogP contribution in [0.3, 0.4) is 0 Å². The lowest BCUT2D eigenvalue weighted by molar-refractivity contribution is -0.148. The molecule has 0 aliphatic carbocycles. The lowest BCUT2D eigenvalue weighted by atomic mass is 10.2. The standard InChI is InChI=1S/C18H23N3O3/c1-3-7-14(2)20-17(22)13-24-18(23)10-15-11-19-21(12-15)16-8-5-4-6-9-16/h4-6,8-9,11-12,14H,3,7,10,13H2,1-2H3,(H,20,22). The third-order valence-electron chi connectivity index (χ3n) is 3.50. The van der Waals surface area contributed by atoms with E-state index in [1.165, 1.54) is 0 Å². The number of nitrogens with one attached hydrogen (secondary N) is 1. The number of benzene rings is 1. The van der Waals surface area contributed by atoms with Gasteiger partial charge in [-0.15, -0.1) is 0 Å². The molecule has 1 heterocycles. The molecule has 0 saturated heterocycles. The van der Waals surface area contributed by atoms with Gasteiger partial charge in [-0.25, -0.2) is 4.68 Å². The average molecular weight is 329 g/mol. The molecule has 0 spiro atoms. The van der Waals surface area contributed by atoms with E-state index in [1.807, 2.05) is 37.3 Å². The summed E-state index contributed by atoms with van der Waals surface area (Å²) >= 11 is 0. The largest absolute Gasteiger partial charge is 0.455 e. The first kappa shape index (κ1) is 17.7. The molecule has 1 atom stereocenters. The summed E-state index contributed by atoms with van der Waals surface area (Å²) in [6.45, 7) is 3.74. The van der Waals surface area contributed by atoms with E-state index in [0.29, 0.717) is 0 Å². The average Bonchev–Trinajstić information content (AvgIpc) is 3.02. The van der Waals surface area contributed by atoms with Gasteiger partial charge in [-0.1, -0.05) is 31.5 Å². The number of hydrogen-bond acceptors (Lipinski definition) is 4. The Morgan fingerprint density at radius 1 is 1.29 bits per heavy atom. The summed E-state index contributed by atoms with van der Waals surface area (Å²) in [6, 6.07) is 9.71. The predicted molar refractivity (Wildman–Crippen MR) is 90.7 cm³/mol. The van der Waals surface area contributed by atoms with E-state index in [2.05, 4.69) is 17.3 Å². The molecule has 0 radical (unpaired) electrons. The van der Waals surface area contributed by atoms with Crippen LogP contribution in [0, 0.1) is 0 Å². The maximum Gasteiger partial charge on any atom is 0.310 e. The Bertz CT molecular complexity index is 667. The number of aromatic nitrogens is 2. The molecule has 2 aromatic rings. The van der Waals surface area contributed by atoms with Gasteiger partial charge >= 0.3 is 5.97 Å². The first-order valence-electron chi connectivity index (χ1n) is 8.12. The molecule has 0 saturated carbocycles. The first-order chi connectivity index (χ1) is 11.6. The van der Waals surface area contributed by atoms with Crippen molar-refractivity contribution in [1.29, 1.82) is 0 Å². The predicted octanol–water partition coefficient (Wildman–Crippen LogP) is 2.26. The number of rotatable bonds is 8. The number of hydrogen-bond donors (Lipinski definition) is 1. The lowest BCUT2D eigenvalue weighted by Crippen LogP contribution is -2.35. The Morgan fingerprint density at radius 3 is 2.75 bits per heavy atom. The molecule has 1 aromatic heterocycles. The Labute approximate surface area is 141 Å². The maximum absolute atomic E-state index is 11.8. The molecule has 1 amide bonds. The zero-order valence-electron chi connectivity index (χ0n) is 14.1. The third kappa shape index (κ3) is 5.53. The van der Waals surface area contributed by atoms with Gasteiger partial charge in [0.05, 0.1) is 18.3 Å². The van der Waals surface area contributed by atoms with Gasteiger partial charge in [0.1, 0.15) is 0 Å². The smallest absolute Gasteiger partial charge is 0.310 e. The molecule has 2 rings (SSSR count). The van der Waals surface area contributed by atoms with Gasteiger partial charge < -0.3 is 10.1 Å². The van der Waals surface area contributed by atoms with Gasteiger partial charge in [0, 0.05) is 17.8 Å². The minimum atomic E-state index is -0.444. The molecule has 6 nitrogen and oxygen atoms in total. The molecule has 0 fully saturated rings. The van der Waals surface area contributed by atoms with Crippen molar-refractivity contribution in [3.05, 3.63) is 48.3 Å². The molecule has 0 aliphatic rings. The fourth-order valence-corrected chi connectivity index (χ4v) is 2.36. The van der Waals surface area contributed by atoms with Crippen LogP contribution in [0.4, 0.5) is 0 Å². The van der Waals surface area contributed by atoms with Gasteiger partial charge in [0.2, 0.25) is 0 Å². The van der Waals surface area contributed by atoms with E-state index in [1.54, 1.807) is 17.1 Å². The molecular formula is C18H23N3O3. The molecule has 1 N–H and O–H groups in total. The Morgan fingerprint density at radius 2 is 2.04 bits per heavy atom. The van der Waals surface area contributed by atoms with Crippen molar-refractivity contribution < 1.29 is 14.3 Å². The number of amides is 1. The topological polar surface area (TPSA) is 73.2 Å². The van der Waals surface area contributed by atoms with Gasteiger partial charge in [0.25, 0.3) is 5.91 Å². The second-order valence-corrected chi connectivity index (χ2v) is 5.72. The zero-order valence-corrected chi connectivity index (χ0v) is 14.1. The molecule has 0 bridgehead atoms. The van der Waals surface area contributed by atoms with Crippen LogP contribution in [-0.2, 0) is 20.7 Å². The van der Waals surface area contributed by atoms with E-state index in [9.17, 15) is 9.59 Å². The lowest BCUT2D eigenvalue weighted by Gasteiger charge is -2.12. The summed E-state index contributed by atoms with van der Waals surface area (Å²) in [5.74, 6) is -0.717. The molecule has 128 valence electrons. The van der Waals surface area contributed by atoms with Gasteiger partial charge in [-0.3, -0.25) is 9.59 Å². The second kappa shape index (κ2) is 8.86. The zero-order chi connectivity index (χ0) is 17.4. The Balaban J connectivity index is 1.79. The fraction of sp³-hybridized carbons (Fsp3) is 0.389. The third-order valence-corrected chi connectivity index (χ3v) is 3.50. The summed E-state index contributed by atoms with van der Waals surface area (Å²) in [7, 11) is 0. The van der Waals surface area contributed by atoms with Crippen molar-refractivity contribution in [3.8, 4) is 5.69 Å².